The third-order valence-electron chi connectivity index (χ3n) is 17.3. The molecule has 0 heterocycles. The predicted octanol–water partition coefficient (Wildman–Crippen LogP) is 25.9. The molecule has 19 heteroatoms. The lowest BCUT2D eigenvalue weighted by Crippen LogP contribution is -2.30. The largest absolute Gasteiger partial charge is 0.472 e. The van der Waals surface area contributed by atoms with Crippen LogP contribution < -0.4 is 0 Å². The van der Waals surface area contributed by atoms with Gasteiger partial charge in [0, 0.05) is 25.7 Å². The molecule has 636 valence electrons. The van der Waals surface area contributed by atoms with Crippen molar-refractivity contribution in [2.75, 3.05) is 39.6 Å². The quantitative estimate of drug-likeness (QED) is 0.0169. The molecule has 0 aliphatic heterocycles. The smallest absolute Gasteiger partial charge is 0.462 e. The van der Waals surface area contributed by atoms with E-state index in [4.69, 9.17) is 37.0 Å². The maximum Gasteiger partial charge on any atom is 0.472 e. The van der Waals surface area contributed by atoms with Gasteiger partial charge >= 0.3 is 39.5 Å². The standard InChI is InChI=1S/C93H152O17P2/c1-5-9-13-17-21-25-29-33-37-40-43-46-50-53-57-61-65-69-73-77-90(95)103-83-88(109-92(97)79-75-71-67-63-59-55-49-36-32-28-24-20-16-12-8-4)85-107-111(99,100)105-81-87(94)82-106-112(101,102)108-86-89(110-93(98)80-76-72-68-64-60-56-52-48-45-42-39-35-31-27-23-19-15-11-7-3)84-104-91(96)78-74-70-66-62-58-54-51-47-44-41-38-34-30-26-22-18-14-10-6-2/h9-11,13-15,21-23,25-27,33-39,43-49,53-54,57-58,87-89,94H,5-8,12,16-20,24,28-32,40-42,50-52,55-56,59-86H2,1-4H3,(H,99,100)(H,101,102)/b13-9-,14-10-,15-11-,25-21-,26-22-,27-23-,37-33-,38-34-,39-35-,46-43-,47-44-,48-45-,49-36-,57-53-,58-54-. The molecular weight excluding hydrogens is 1450 g/mol. The Kier molecular flexibility index (Phi) is 78.8. The highest BCUT2D eigenvalue weighted by Crippen LogP contribution is 2.45. The number of aliphatic hydroxyl groups is 1. The Labute approximate surface area is 679 Å². The van der Waals surface area contributed by atoms with Gasteiger partial charge in [0.05, 0.1) is 26.4 Å². The molecule has 0 saturated heterocycles. The number of hydrogen-bond acceptors (Lipinski definition) is 15. The number of phosphoric ester groups is 2. The Morgan fingerprint density at radius 3 is 0.732 bits per heavy atom. The number of unbranched alkanes of at least 4 members (excludes halogenated alkanes) is 23. The molecule has 0 rings (SSSR count). The summed E-state index contributed by atoms with van der Waals surface area (Å²) in [5.74, 6) is -2.28. The zero-order valence-electron chi connectivity index (χ0n) is 69.8. The molecule has 5 unspecified atom stereocenters. The lowest BCUT2D eigenvalue weighted by atomic mass is 10.1. The summed E-state index contributed by atoms with van der Waals surface area (Å²) < 4.78 is 68.8. The van der Waals surface area contributed by atoms with E-state index in [2.05, 4.69) is 210 Å². The molecule has 5 atom stereocenters. The van der Waals surface area contributed by atoms with Gasteiger partial charge in [-0.25, -0.2) is 9.13 Å². The van der Waals surface area contributed by atoms with Gasteiger partial charge in [-0.3, -0.25) is 37.3 Å². The summed E-state index contributed by atoms with van der Waals surface area (Å²) in [5.41, 5.74) is 0. The molecule has 0 aliphatic rings. The number of allylic oxidation sites excluding steroid dienone is 30. The fourth-order valence-electron chi connectivity index (χ4n) is 10.9. The van der Waals surface area contributed by atoms with Crippen LogP contribution in [0, 0.1) is 0 Å². The first-order valence-electron chi connectivity index (χ1n) is 43.0. The van der Waals surface area contributed by atoms with Crippen LogP contribution in [-0.2, 0) is 65.4 Å². The number of carbonyl (C=O) groups is 4. The third-order valence-corrected chi connectivity index (χ3v) is 19.2. The number of phosphoric acid groups is 2. The number of aliphatic hydroxyl groups excluding tert-OH is 1. The number of esters is 4. The van der Waals surface area contributed by atoms with Gasteiger partial charge < -0.3 is 33.8 Å². The second-order valence-electron chi connectivity index (χ2n) is 28.0. The highest BCUT2D eigenvalue weighted by Gasteiger charge is 2.30. The van der Waals surface area contributed by atoms with E-state index in [1.165, 1.54) is 38.5 Å². The average Bonchev–Trinajstić information content (AvgIpc) is 0.898. The second kappa shape index (κ2) is 83.1. The summed E-state index contributed by atoms with van der Waals surface area (Å²) in [6, 6.07) is 0. The van der Waals surface area contributed by atoms with Crippen molar-refractivity contribution in [1.82, 2.24) is 0 Å². The Hall–Kier alpha value is -5.84. The molecule has 0 aromatic rings. The van der Waals surface area contributed by atoms with Crippen molar-refractivity contribution in [2.24, 2.45) is 0 Å². The van der Waals surface area contributed by atoms with Gasteiger partial charge in [-0.1, -0.05) is 300 Å². The van der Waals surface area contributed by atoms with Crippen LogP contribution in [-0.4, -0.2) is 96.7 Å². The first kappa shape index (κ1) is 106. The van der Waals surface area contributed by atoms with Crippen LogP contribution in [0.4, 0.5) is 0 Å². The molecule has 3 N–H and O–H groups in total. The van der Waals surface area contributed by atoms with Crippen molar-refractivity contribution in [3.63, 3.8) is 0 Å². The Balaban J connectivity index is 5.48. The molecular formula is C93H152O17P2. The number of rotatable bonds is 79. The average molecular weight is 1600 g/mol. The van der Waals surface area contributed by atoms with Crippen LogP contribution in [0.15, 0.2) is 182 Å². The summed E-state index contributed by atoms with van der Waals surface area (Å²) in [4.78, 5) is 73.3. The summed E-state index contributed by atoms with van der Waals surface area (Å²) in [6.07, 6.45) is 101. The van der Waals surface area contributed by atoms with E-state index < -0.39 is 97.5 Å². The van der Waals surface area contributed by atoms with E-state index in [9.17, 15) is 43.2 Å². The normalized spacial score (nSPS) is 14.7. The van der Waals surface area contributed by atoms with Crippen molar-refractivity contribution >= 4 is 39.5 Å². The molecule has 0 aromatic carbocycles. The molecule has 0 aromatic heterocycles. The van der Waals surface area contributed by atoms with Crippen LogP contribution in [0.5, 0.6) is 0 Å². The van der Waals surface area contributed by atoms with Gasteiger partial charge in [0.2, 0.25) is 0 Å². The molecule has 0 fully saturated rings. The van der Waals surface area contributed by atoms with Crippen molar-refractivity contribution < 1.29 is 80.2 Å². The number of hydrogen-bond donors (Lipinski definition) is 3. The first-order chi connectivity index (χ1) is 54.7. The Bertz CT molecular complexity index is 2840. The Morgan fingerprint density at radius 1 is 0.259 bits per heavy atom. The van der Waals surface area contributed by atoms with E-state index in [0.29, 0.717) is 25.7 Å². The van der Waals surface area contributed by atoms with Gasteiger partial charge in [-0.2, -0.15) is 0 Å². The lowest BCUT2D eigenvalue weighted by molar-refractivity contribution is -0.161. The van der Waals surface area contributed by atoms with Crippen molar-refractivity contribution in [3.8, 4) is 0 Å². The van der Waals surface area contributed by atoms with Crippen LogP contribution in [0.3, 0.4) is 0 Å². The molecule has 0 radical (unpaired) electrons. The maximum atomic E-state index is 13.2. The van der Waals surface area contributed by atoms with E-state index in [0.717, 1.165) is 205 Å². The zero-order valence-corrected chi connectivity index (χ0v) is 71.6. The van der Waals surface area contributed by atoms with Crippen LogP contribution in [0.2, 0.25) is 0 Å². The van der Waals surface area contributed by atoms with E-state index in [1.807, 2.05) is 0 Å². The van der Waals surface area contributed by atoms with Crippen LogP contribution in [0.1, 0.15) is 323 Å². The molecule has 17 nitrogen and oxygen atoms in total. The van der Waals surface area contributed by atoms with Gasteiger partial charge in [-0.15, -0.1) is 0 Å². The summed E-state index contributed by atoms with van der Waals surface area (Å²) >= 11 is 0. The van der Waals surface area contributed by atoms with Gasteiger partial charge in [0.1, 0.15) is 19.3 Å². The number of ether oxygens (including phenoxy) is 4. The topological polar surface area (TPSA) is 237 Å². The van der Waals surface area contributed by atoms with Gasteiger partial charge in [-0.05, 0) is 180 Å². The summed E-state index contributed by atoms with van der Waals surface area (Å²) in [5, 5.41) is 10.7. The maximum absolute atomic E-state index is 13.2. The Morgan fingerprint density at radius 2 is 0.464 bits per heavy atom. The number of carbonyl (C=O) groups excluding carboxylic acids is 4. The minimum atomic E-state index is -5.01. The molecule has 0 amide bonds. The minimum Gasteiger partial charge on any atom is -0.462 e. The SMILES string of the molecule is CC/C=C\C/C=C\C/C=C\C/C=C\C/C=C\CCCCCC(=O)OCC(COP(=O)(O)OCC(O)COP(=O)(O)OCC(COC(=O)CCCCC/C=C\C/C=C\C/C=C\C/C=C\C/C=C\CC)OC(=O)CCCCCCCC/C=C\C/C=C\C/C=C\C/C=C\CC)OC(=O)CCCCCCC/C=C\CCCCCCCC. The first-order valence-corrected chi connectivity index (χ1v) is 46.0. The van der Waals surface area contributed by atoms with Crippen LogP contribution in [0.25, 0.3) is 0 Å². The fourth-order valence-corrected chi connectivity index (χ4v) is 12.5. The van der Waals surface area contributed by atoms with E-state index in [-0.39, 0.29) is 25.7 Å². The molecule has 112 heavy (non-hydrogen) atoms. The second-order valence-corrected chi connectivity index (χ2v) is 30.9. The lowest BCUT2D eigenvalue weighted by Gasteiger charge is -2.21. The van der Waals surface area contributed by atoms with Crippen LogP contribution >= 0.6 is 15.6 Å². The minimum absolute atomic E-state index is 0.0634. The predicted molar refractivity (Wildman–Crippen MR) is 463 cm³/mol. The summed E-state index contributed by atoms with van der Waals surface area (Å²) in [6.45, 7) is 4.44. The summed E-state index contributed by atoms with van der Waals surface area (Å²) in [7, 11) is -10.0. The van der Waals surface area contributed by atoms with Crippen molar-refractivity contribution in [3.05, 3.63) is 182 Å². The third kappa shape index (κ3) is 82.2. The van der Waals surface area contributed by atoms with Crippen molar-refractivity contribution in [2.45, 2.75) is 341 Å². The zero-order chi connectivity index (χ0) is 81.7. The van der Waals surface area contributed by atoms with Gasteiger partial charge in [0.15, 0.2) is 12.2 Å². The molecule has 0 spiro atoms. The molecule has 0 saturated carbocycles. The van der Waals surface area contributed by atoms with E-state index >= 15 is 0 Å². The fraction of sp³-hybridized carbons (Fsp3) is 0.634. The molecule has 0 bridgehead atoms. The highest BCUT2D eigenvalue weighted by atomic mass is 31.2. The monoisotopic (exact) mass is 1600 g/mol. The molecule has 0 aliphatic carbocycles. The van der Waals surface area contributed by atoms with E-state index in [1.54, 1.807) is 0 Å². The van der Waals surface area contributed by atoms with Crippen molar-refractivity contribution in [1.29, 1.82) is 0 Å². The van der Waals surface area contributed by atoms with Gasteiger partial charge in [0.25, 0.3) is 0 Å². The highest BCUT2D eigenvalue weighted by molar-refractivity contribution is 7.47.